The summed E-state index contributed by atoms with van der Waals surface area (Å²) in [6.45, 7) is 0. The van der Waals surface area contributed by atoms with Crippen LogP contribution in [-0.4, -0.2) is 33.2 Å². The lowest BCUT2D eigenvalue weighted by atomic mass is 10.0. The first-order chi connectivity index (χ1) is 32.6. The summed E-state index contributed by atoms with van der Waals surface area (Å²) in [7, 11) is 0. The van der Waals surface area contributed by atoms with Crippen molar-refractivity contribution in [2.45, 2.75) is 0 Å². The normalized spacial score (nSPS) is 11.1. The number of rotatable bonds is 11. The van der Waals surface area contributed by atoms with Gasteiger partial charge in [0.2, 0.25) is 0 Å². The predicted molar refractivity (Wildman–Crippen MR) is 237 cm³/mol. The standard InChI is InChI=1S/C53H30F6O9/c54-33-8-13-39(45(57)24-33)30-5-16-48(60)42(21-30)51(63)66-36-11-3-28(4-12-36)1-2-29-19-37(67-52(64)43-22-31(6-17-49(43)61)40-14-9-34(55)25-46(40)58)27-38(20-29)68-53(65)44-23-32(7-18-50(44)62)41-15-10-35(56)26-47(41)59/h1-27,60-62H. The Kier molecular flexibility index (Phi) is 12.8. The average Bonchev–Trinajstić information content (AvgIpc) is 3.29. The van der Waals surface area contributed by atoms with Crippen molar-refractivity contribution in [3.63, 3.8) is 0 Å². The van der Waals surface area contributed by atoms with Gasteiger partial charge in [-0.2, -0.15) is 0 Å². The van der Waals surface area contributed by atoms with Gasteiger partial charge >= 0.3 is 17.9 Å². The number of halogens is 6. The van der Waals surface area contributed by atoms with E-state index in [9.17, 15) is 56.0 Å². The topological polar surface area (TPSA) is 140 Å². The van der Waals surface area contributed by atoms with E-state index in [0.29, 0.717) is 23.8 Å². The highest BCUT2D eigenvalue weighted by molar-refractivity contribution is 5.97. The zero-order chi connectivity index (χ0) is 48.2. The molecule has 0 fully saturated rings. The molecule has 15 heteroatoms. The lowest BCUT2D eigenvalue weighted by Gasteiger charge is -2.12. The third-order valence-corrected chi connectivity index (χ3v) is 10.3. The summed E-state index contributed by atoms with van der Waals surface area (Å²) >= 11 is 0. The number of esters is 3. The SMILES string of the molecule is O=C(Oc1ccc(C=Cc2cc(OC(=O)c3cc(-c4ccc(F)cc4F)ccc3O)cc(OC(=O)c3cc(-c4ccc(F)cc4F)ccc3O)c2)cc1)c1cc(-c2ccc(F)cc2F)ccc1O. The first-order valence-electron chi connectivity index (χ1n) is 20.0. The van der Waals surface area contributed by atoms with Crippen LogP contribution in [0.2, 0.25) is 0 Å². The molecular formula is C53H30F6O9. The van der Waals surface area contributed by atoms with Gasteiger partial charge in [-0.15, -0.1) is 0 Å². The predicted octanol–water partition coefficient (Wildman–Crippen LogP) is 12.5. The summed E-state index contributed by atoms with van der Waals surface area (Å²) in [4.78, 5) is 40.2. The van der Waals surface area contributed by atoms with Crippen molar-refractivity contribution in [1.29, 1.82) is 0 Å². The second-order valence-electron chi connectivity index (χ2n) is 14.9. The van der Waals surface area contributed by atoms with Gasteiger partial charge in [-0.05, 0) is 125 Å². The highest BCUT2D eigenvalue weighted by Crippen LogP contribution is 2.34. The minimum Gasteiger partial charge on any atom is -0.507 e. The number of phenols is 3. The lowest BCUT2D eigenvalue weighted by molar-refractivity contribution is 0.0716. The fourth-order valence-corrected chi connectivity index (χ4v) is 6.91. The van der Waals surface area contributed by atoms with Crippen molar-refractivity contribution in [1.82, 2.24) is 0 Å². The Bertz CT molecular complexity index is 3200. The van der Waals surface area contributed by atoms with E-state index in [1.807, 2.05) is 0 Å². The Morgan fingerprint density at radius 2 is 0.691 bits per heavy atom. The Labute approximate surface area is 381 Å². The molecule has 3 N–H and O–H groups in total. The van der Waals surface area contributed by atoms with E-state index < -0.39 is 81.2 Å². The minimum atomic E-state index is -1.13. The van der Waals surface area contributed by atoms with E-state index in [4.69, 9.17) is 14.2 Å². The monoisotopic (exact) mass is 924 g/mol. The van der Waals surface area contributed by atoms with Crippen molar-refractivity contribution < 1.29 is 70.3 Å². The Morgan fingerprint density at radius 3 is 1.04 bits per heavy atom. The molecule has 0 unspecified atom stereocenters. The number of carbonyl (C=O) groups excluding carboxylic acids is 3. The van der Waals surface area contributed by atoms with Gasteiger partial charge < -0.3 is 29.5 Å². The largest absolute Gasteiger partial charge is 0.507 e. The van der Waals surface area contributed by atoms with Crippen LogP contribution in [0.1, 0.15) is 42.2 Å². The van der Waals surface area contributed by atoms with Crippen LogP contribution in [-0.2, 0) is 0 Å². The van der Waals surface area contributed by atoms with Crippen LogP contribution in [0.4, 0.5) is 26.3 Å². The smallest absolute Gasteiger partial charge is 0.347 e. The van der Waals surface area contributed by atoms with Crippen LogP contribution in [0.5, 0.6) is 34.5 Å². The second kappa shape index (κ2) is 19.2. The molecule has 0 aliphatic heterocycles. The summed E-state index contributed by atoms with van der Waals surface area (Å²) < 4.78 is 101. The maximum atomic E-state index is 14.7. The molecule has 8 rings (SSSR count). The van der Waals surface area contributed by atoms with Crippen LogP contribution < -0.4 is 14.2 Å². The molecule has 0 amide bonds. The van der Waals surface area contributed by atoms with Gasteiger partial charge in [0.15, 0.2) is 0 Å². The van der Waals surface area contributed by atoms with E-state index in [1.54, 1.807) is 18.2 Å². The van der Waals surface area contributed by atoms with Gasteiger partial charge in [0, 0.05) is 41.0 Å². The molecule has 0 spiro atoms. The Morgan fingerprint density at radius 1 is 0.353 bits per heavy atom. The first-order valence-corrected chi connectivity index (χ1v) is 20.0. The van der Waals surface area contributed by atoms with Crippen molar-refractivity contribution >= 4 is 30.1 Å². The van der Waals surface area contributed by atoms with Crippen LogP contribution >= 0.6 is 0 Å². The van der Waals surface area contributed by atoms with Crippen molar-refractivity contribution in [3.05, 3.63) is 214 Å². The number of benzene rings is 8. The Hall–Kier alpha value is -9.11. The molecule has 0 aliphatic carbocycles. The van der Waals surface area contributed by atoms with E-state index in [-0.39, 0.29) is 61.8 Å². The second-order valence-corrected chi connectivity index (χ2v) is 14.9. The van der Waals surface area contributed by atoms with Gasteiger partial charge in [-0.3, -0.25) is 0 Å². The van der Waals surface area contributed by atoms with Gasteiger partial charge in [0.05, 0.1) is 0 Å². The Balaban J connectivity index is 1.06. The van der Waals surface area contributed by atoms with E-state index in [1.165, 1.54) is 66.7 Å². The quantitative estimate of drug-likeness (QED) is 0.0500. The van der Waals surface area contributed by atoms with Gasteiger partial charge in [-0.25, -0.2) is 40.7 Å². The van der Waals surface area contributed by atoms with E-state index in [2.05, 4.69) is 0 Å². The maximum Gasteiger partial charge on any atom is 0.347 e. The maximum absolute atomic E-state index is 14.7. The molecule has 8 aromatic rings. The summed E-state index contributed by atoms with van der Waals surface area (Å²) in [5.74, 6) is -10.4. The third-order valence-electron chi connectivity index (χ3n) is 10.3. The fourth-order valence-electron chi connectivity index (χ4n) is 6.91. The molecule has 68 heavy (non-hydrogen) atoms. The molecule has 9 nitrogen and oxygen atoms in total. The molecule has 338 valence electrons. The molecule has 0 bridgehead atoms. The summed E-state index contributed by atoms with van der Waals surface area (Å²) in [5.41, 5.74) is -0.117. The molecule has 0 saturated heterocycles. The molecular weight excluding hydrogens is 895 g/mol. The highest BCUT2D eigenvalue weighted by atomic mass is 19.2. The van der Waals surface area contributed by atoms with Crippen LogP contribution in [0.25, 0.3) is 45.5 Å². The van der Waals surface area contributed by atoms with Crippen LogP contribution in [0, 0.1) is 34.9 Å². The molecule has 0 radical (unpaired) electrons. The summed E-state index contributed by atoms with van der Waals surface area (Å²) in [5, 5.41) is 31.6. The molecule has 0 aromatic heterocycles. The van der Waals surface area contributed by atoms with E-state index in [0.717, 1.165) is 60.7 Å². The number of hydrogen-bond acceptors (Lipinski definition) is 9. The summed E-state index contributed by atoms with van der Waals surface area (Å²) in [6.07, 6.45) is 3.09. The molecule has 0 aliphatic rings. The van der Waals surface area contributed by atoms with Crippen molar-refractivity contribution in [2.24, 2.45) is 0 Å². The highest BCUT2D eigenvalue weighted by Gasteiger charge is 2.21. The fraction of sp³-hybridized carbons (Fsp3) is 0. The van der Waals surface area contributed by atoms with Gasteiger partial charge in [-0.1, -0.05) is 42.5 Å². The first kappa shape index (κ1) is 45.5. The molecule has 8 aromatic carbocycles. The summed E-state index contributed by atoms with van der Waals surface area (Å²) in [6, 6.07) is 29.2. The minimum absolute atomic E-state index is 0.0126. The number of carbonyl (C=O) groups is 3. The molecule has 0 saturated carbocycles. The van der Waals surface area contributed by atoms with Crippen molar-refractivity contribution in [2.75, 3.05) is 0 Å². The number of ether oxygens (including phenoxy) is 3. The van der Waals surface area contributed by atoms with Gasteiger partial charge in [0.1, 0.15) is 86.1 Å². The number of phenolic OH excluding ortho intramolecular Hbond substituents is 3. The zero-order valence-corrected chi connectivity index (χ0v) is 34.6. The number of aromatic hydroxyl groups is 3. The van der Waals surface area contributed by atoms with Crippen molar-refractivity contribution in [3.8, 4) is 67.9 Å². The third kappa shape index (κ3) is 10.2. The van der Waals surface area contributed by atoms with Gasteiger partial charge in [0.25, 0.3) is 0 Å². The molecule has 0 heterocycles. The average molecular weight is 925 g/mol. The number of hydrogen-bond donors (Lipinski definition) is 3. The molecule has 0 atom stereocenters. The zero-order valence-electron chi connectivity index (χ0n) is 34.6. The lowest BCUT2D eigenvalue weighted by Crippen LogP contribution is -2.11. The van der Waals surface area contributed by atoms with Crippen LogP contribution in [0.3, 0.4) is 0 Å². The van der Waals surface area contributed by atoms with Crippen LogP contribution in [0.15, 0.2) is 152 Å². The van der Waals surface area contributed by atoms with E-state index >= 15 is 0 Å².